The number of nitrogens with zero attached hydrogens (tertiary/aromatic N) is 3. The van der Waals surface area contributed by atoms with Crippen LogP contribution in [0.15, 0.2) is 53.3 Å². The fraction of sp³-hybridized carbons (Fsp3) is 0.409. The molecule has 5 heterocycles. The number of rotatable bonds is 2. The summed E-state index contributed by atoms with van der Waals surface area (Å²) in [6, 6.07) is 3.10. The summed E-state index contributed by atoms with van der Waals surface area (Å²) < 4.78 is 2.22. The number of nitrogens with one attached hydrogen (secondary N) is 1. The molecule has 152 valence electrons. The van der Waals surface area contributed by atoms with E-state index in [1.165, 1.54) is 21.9 Å². The van der Waals surface area contributed by atoms with E-state index in [4.69, 9.17) is 0 Å². The maximum atomic E-state index is 13.0. The number of piperazine rings is 1. The van der Waals surface area contributed by atoms with Crippen LogP contribution in [0.5, 0.6) is 0 Å². The molecular weight excluding hydrogens is 398 g/mol. The molecule has 5 atom stereocenters. The van der Waals surface area contributed by atoms with E-state index < -0.39 is 0 Å². The van der Waals surface area contributed by atoms with Gasteiger partial charge in [0.05, 0.1) is 11.5 Å². The molecule has 4 aliphatic heterocycles. The van der Waals surface area contributed by atoms with Crippen LogP contribution < -0.4 is 10.8 Å². The van der Waals surface area contributed by atoms with Gasteiger partial charge in [-0.15, -0.1) is 0 Å². The molecule has 1 aromatic heterocycles. The van der Waals surface area contributed by atoms with Gasteiger partial charge in [0.15, 0.2) is 0 Å². The van der Waals surface area contributed by atoms with Crippen LogP contribution in [-0.4, -0.2) is 57.4 Å². The van der Waals surface area contributed by atoms with Crippen molar-refractivity contribution in [1.82, 2.24) is 19.7 Å². The Labute approximate surface area is 176 Å². The van der Waals surface area contributed by atoms with E-state index in [0.717, 1.165) is 33.5 Å². The van der Waals surface area contributed by atoms with Crippen LogP contribution in [-0.2, 0) is 11.8 Å². The summed E-state index contributed by atoms with van der Waals surface area (Å²) in [6.07, 6.45) is 13.9. The Hall–Kier alpha value is -1.67. The summed E-state index contributed by atoms with van der Waals surface area (Å²) in [5.74, 6) is 0.273. The molecular formula is C22H28N4OP2. The summed E-state index contributed by atoms with van der Waals surface area (Å²) in [7, 11) is 3.50. The van der Waals surface area contributed by atoms with E-state index in [9.17, 15) is 4.79 Å². The number of aromatic nitrogens is 1. The van der Waals surface area contributed by atoms with Gasteiger partial charge in [-0.1, -0.05) is 23.2 Å². The molecule has 5 nitrogen and oxygen atoms in total. The third-order valence-electron chi connectivity index (χ3n) is 5.99. The first-order valence-electron chi connectivity index (χ1n) is 10.3. The average molecular weight is 426 g/mol. The standard InChI is InChI=1S/C22H28N4OP2/c1-14-10-25(11-15(2)23-14)18-4-5-21-26(12-18)20(27)9-19(29-21)17-8-16-6-7-24(3)22(16)28-13-17/h4-9,12,14-15,21,23,28-29H,10-11,13H2,1-3H3/t14-,15+,21?. The quantitative estimate of drug-likeness (QED) is 0.739. The van der Waals surface area contributed by atoms with Gasteiger partial charge in [-0.2, -0.15) is 0 Å². The first kappa shape index (κ1) is 19.3. The van der Waals surface area contributed by atoms with Gasteiger partial charge in [-0.25, -0.2) is 0 Å². The number of hydrogen-bond donors (Lipinski definition) is 1. The van der Waals surface area contributed by atoms with Crippen molar-refractivity contribution in [3.63, 3.8) is 0 Å². The van der Waals surface area contributed by atoms with Crippen molar-refractivity contribution in [2.75, 3.05) is 19.3 Å². The third kappa shape index (κ3) is 3.65. The zero-order chi connectivity index (χ0) is 20.1. The lowest BCUT2D eigenvalue weighted by molar-refractivity contribution is -0.124. The fourth-order valence-corrected chi connectivity index (χ4v) is 7.57. The Morgan fingerprint density at radius 1 is 1.17 bits per heavy atom. The van der Waals surface area contributed by atoms with Crippen LogP contribution in [0.1, 0.15) is 19.4 Å². The summed E-state index contributed by atoms with van der Waals surface area (Å²) in [5, 5.41) is 4.82. The maximum absolute atomic E-state index is 13.0. The van der Waals surface area contributed by atoms with Crippen molar-refractivity contribution in [2.45, 2.75) is 31.7 Å². The second kappa shape index (κ2) is 7.54. The number of amides is 1. The van der Waals surface area contributed by atoms with Crippen LogP contribution in [0.3, 0.4) is 0 Å². The van der Waals surface area contributed by atoms with Gasteiger partial charge in [-0.3, -0.25) is 4.79 Å². The molecule has 1 amide bonds. The Morgan fingerprint density at radius 3 is 2.76 bits per heavy atom. The number of aryl methyl sites for hydroxylation is 1. The van der Waals surface area contributed by atoms with Crippen LogP contribution in [0.4, 0.5) is 0 Å². The van der Waals surface area contributed by atoms with E-state index >= 15 is 0 Å². The number of carbonyl (C=O) groups excluding carboxylic acids is 1. The normalized spacial score (nSPS) is 30.8. The van der Waals surface area contributed by atoms with Crippen LogP contribution in [0.2, 0.25) is 0 Å². The Kier molecular flexibility index (Phi) is 5.02. The third-order valence-corrected chi connectivity index (χ3v) is 9.07. The summed E-state index contributed by atoms with van der Waals surface area (Å²) in [5.41, 5.74) is 5.24. The highest BCUT2D eigenvalue weighted by molar-refractivity contribution is 7.48. The molecule has 3 unspecified atom stereocenters. The molecule has 0 spiro atoms. The highest BCUT2D eigenvalue weighted by atomic mass is 31.1. The number of fused-ring (bicyclic) bond motifs is 2. The lowest BCUT2D eigenvalue weighted by Gasteiger charge is -2.41. The lowest BCUT2D eigenvalue weighted by Crippen LogP contribution is -2.54. The molecule has 0 bridgehead atoms. The molecule has 7 heteroatoms. The van der Waals surface area contributed by atoms with Gasteiger partial charge in [0.1, 0.15) is 0 Å². The van der Waals surface area contributed by atoms with Crippen LogP contribution >= 0.6 is 17.2 Å². The number of allylic oxidation sites excluding steroid dienone is 3. The smallest absolute Gasteiger partial charge is 0.252 e. The highest BCUT2D eigenvalue weighted by Gasteiger charge is 2.32. The Balaban J connectivity index is 1.37. The molecule has 29 heavy (non-hydrogen) atoms. The fourth-order valence-electron chi connectivity index (χ4n) is 4.66. The van der Waals surface area contributed by atoms with Crippen LogP contribution in [0.25, 0.3) is 6.08 Å². The monoisotopic (exact) mass is 426 g/mol. The molecule has 0 radical (unpaired) electrons. The van der Waals surface area contributed by atoms with E-state index in [0.29, 0.717) is 20.7 Å². The van der Waals surface area contributed by atoms with Gasteiger partial charge >= 0.3 is 0 Å². The van der Waals surface area contributed by atoms with E-state index in [1.54, 1.807) is 0 Å². The topological polar surface area (TPSA) is 40.5 Å². The zero-order valence-corrected chi connectivity index (χ0v) is 19.1. The molecule has 0 aromatic carbocycles. The van der Waals surface area contributed by atoms with Crippen molar-refractivity contribution in [3.8, 4) is 0 Å². The SMILES string of the molecule is C[C@@H]1CN(C2=CN3C(=O)C=C(C4=Cc5ccn(C)c5PC4)PC3C=C2)C[C@H](C)N1. The Morgan fingerprint density at radius 2 is 1.97 bits per heavy atom. The second-order valence-corrected chi connectivity index (χ2v) is 11.0. The molecule has 5 rings (SSSR count). The molecule has 1 N–H and O–H groups in total. The van der Waals surface area contributed by atoms with E-state index in [2.05, 4.69) is 72.4 Å². The first-order chi connectivity index (χ1) is 14.0. The van der Waals surface area contributed by atoms with Crippen molar-refractivity contribution >= 4 is 34.6 Å². The molecule has 0 aliphatic carbocycles. The largest absolute Gasteiger partial charge is 0.367 e. The van der Waals surface area contributed by atoms with Gasteiger partial charge in [-0.05, 0) is 54.7 Å². The molecule has 4 aliphatic rings. The van der Waals surface area contributed by atoms with Crippen molar-refractivity contribution in [2.24, 2.45) is 7.05 Å². The molecule has 0 saturated carbocycles. The summed E-state index contributed by atoms with van der Waals surface area (Å²) >= 11 is 0. The minimum Gasteiger partial charge on any atom is -0.367 e. The second-order valence-electron chi connectivity index (χ2n) is 8.43. The zero-order valence-electron chi connectivity index (χ0n) is 17.1. The van der Waals surface area contributed by atoms with Gasteiger partial charge in [0.2, 0.25) is 0 Å². The molecule has 1 fully saturated rings. The highest BCUT2D eigenvalue weighted by Crippen LogP contribution is 2.45. The van der Waals surface area contributed by atoms with Crippen LogP contribution in [0, 0.1) is 0 Å². The minimum absolute atomic E-state index is 0.116. The summed E-state index contributed by atoms with van der Waals surface area (Å²) in [4.78, 5) is 17.3. The van der Waals surface area contributed by atoms with Gasteiger partial charge < -0.3 is 19.7 Å². The van der Waals surface area contributed by atoms with Crippen molar-refractivity contribution in [1.29, 1.82) is 0 Å². The van der Waals surface area contributed by atoms with Crippen molar-refractivity contribution in [3.05, 3.63) is 58.8 Å². The number of hydrogen-bond acceptors (Lipinski definition) is 3. The van der Waals surface area contributed by atoms with Gasteiger partial charge in [0.25, 0.3) is 5.91 Å². The minimum atomic E-state index is 0.116. The predicted octanol–water partition coefficient (Wildman–Crippen LogP) is 2.55. The van der Waals surface area contributed by atoms with E-state index in [-0.39, 0.29) is 11.7 Å². The molecule has 1 aromatic rings. The lowest BCUT2D eigenvalue weighted by atomic mass is 10.1. The van der Waals surface area contributed by atoms with E-state index in [1.807, 2.05) is 11.0 Å². The predicted molar refractivity (Wildman–Crippen MR) is 124 cm³/mol. The van der Waals surface area contributed by atoms with Crippen molar-refractivity contribution < 1.29 is 4.79 Å². The Bertz CT molecular complexity index is 963. The maximum Gasteiger partial charge on any atom is 0.252 e. The first-order valence-corrected chi connectivity index (χ1v) is 12.6. The van der Waals surface area contributed by atoms with Gasteiger partial charge in [0, 0.05) is 56.1 Å². The summed E-state index contributed by atoms with van der Waals surface area (Å²) in [6.45, 7) is 6.39. The average Bonchev–Trinajstić information content (AvgIpc) is 3.07. The number of carbonyl (C=O) groups is 1. The molecule has 1 saturated heterocycles.